The molecule has 0 spiro atoms. The topological polar surface area (TPSA) is 55.8 Å². The van der Waals surface area contributed by atoms with E-state index in [4.69, 9.17) is 14.6 Å². The van der Waals surface area contributed by atoms with Crippen LogP contribution in [0.1, 0.15) is 29.8 Å². The number of hydrogen-bond acceptors (Lipinski definition) is 4. The molecule has 1 N–H and O–H groups in total. The molecule has 0 aliphatic heterocycles. The number of carbonyl (C=O) groups is 1. The second-order valence-electron chi connectivity index (χ2n) is 4.46. The number of esters is 1. The van der Waals surface area contributed by atoms with Crippen LogP contribution in [-0.2, 0) is 9.47 Å². The smallest absolute Gasteiger partial charge is 0.338 e. The van der Waals surface area contributed by atoms with Gasteiger partial charge in [0.25, 0.3) is 0 Å². The Morgan fingerprint density at radius 1 is 1.22 bits per heavy atom. The molecule has 1 aromatic rings. The van der Waals surface area contributed by atoms with Crippen molar-refractivity contribution < 1.29 is 19.4 Å². The van der Waals surface area contributed by atoms with Crippen LogP contribution >= 0.6 is 0 Å². The minimum atomic E-state index is -0.514. The molecule has 100 valence electrons. The van der Waals surface area contributed by atoms with E-state index in [1.54, 1.807) is 26.0 Å². The van der Waals surface area contributed by atoms with Gasteiger partial charge in [0.05, 0.1) is 24.4 Å². The summed E-state index contributed by atoms with van der Waals surface area (Å²) in [5.41, 5.74) is 1.63. The molecule has 2 atom stereocenters. The molecule has 4 heteroatoms. The minimum Gasteiger partial charge on any atom is -0.459 e. The Morgan fingerprint density at radius 3 is 2.39 bits per heavy atom. The maximum atomic E-state index is 11.7. The summed E-state index contributed by atoms with van der Waals surface area (Å²) in [5, 5.41) is 9.05. The number of aliphatic hydroxyl groups is 1. The summed E-state index contributed by atoms with van der Waals surface area (Å²) in [7, 11) is 0. The maximum absolute atomic E-state index is 11.7. The fraction of sp³-hybridized carbons (Fsp3) is 0.500. The van der Waals surface area contributed by atoms with E-state index in [0.29, 0.717) is 5.56 Å². The van der Waals surface area contributed by atoms with Gasteiger partial charge in [0.1, 0.15) is 6.61 Å². The van der Waals surface area contributed by atoms with Crippen molar-refractivity contribution in [1.82, 2.24) is 0 Å². The van der Waals surface area contributed by atoms with Crippen LogP contribution in [0.5, 0.6) is 0 Å². The van der Waals surface area contributed by atoms with Gasteiger partial charge in [-0.3, -0.25) is 0 Å². The van der Waals surface area contributed by atoms with Gasteiger partial charge in [-0.2, -0.15) is 0 Å². The molecule has 0 aromatic heterocycles. The van der Waals surface area contributed by atoms with Crippen LogP contribution in [0, 0.1) is 6.92 Å². The van der Waals surface area contributed by atoms with Crippen LogP contribution in [-0.4, -0.2) is 36.5 Å². The summed E-state index contributed by atoms with van der Waals surface area (Å²) >= 11 is 0. The fourth-order valence-electron chi connectivity index (χ4n) is 1.32. The molecule has 4 nitrogen and oxygen atoms in total. The monoisotopic (exact) mass is 252 g/mol. The standard InChI is InChI=1S/C14H20O4/c1-10-4-6-13(7-5-10)14(16)18-9-12(3)17-8-11(2)15/h4-7,11-12,15H,8-9H2,1-3H3. The summed E-state index contributed by atoms with van der Waals surface area (Å²) in [6, 6.07) is 7.20. The molecule has 0 bridgehead atoms. The highest BCUT2D eigenvalue weighted by molar-refractivity contribution is 5.89. The molecule has 0 fully saturated rings. The summed E-state index contributed by atoms with van der Waals surface area (Å²) in [6.07, 6.45) is -0.741. The van der Waals surface area contributed by atoms with Crippen molar-refractivity contribution in [2.45, 2.75) is 33.0 Å². The molecule has 2 unspecified atom stereocenters. The Balaban J connectivity index is 2.34. The third-order valence-corrected chi connectivity index (χ3v) is 2.36. The molecule has 0 saturated carbocycles. The zero-order valence-corrected chi connectivity index (χ0v) is 11.1. The van der Waals surface area contributed by atoms with E-state index in [1.807, 2.05) is 19.1 Å². The van der Waals surface area contributed by atoms with E-state index in [1.165, 1.54) is 0 Å². The average molecular weight is 252 g/mol. The van der Waals surface area contributed by atoms with Crippen LogP contribution in [0.25, 0.3) is 0 Å². The van der Waals surface area contributed by atoms with Crippen LogP contribution in [0.4, 0.5) is 0 Å². The third-order valence-electron chi connectivity index (χ3n) is 2.36. The Labute approximate surface area is 108 Å². The zero-order chi connectivity index (χ0) is 13.5. The van der Waals surface area contributed by atoms with Gasteiger partial charge < -0.3 is 14.6 Å². The van der Waals surface area contributed by atoms with Gasteiger partial charge in [-0.1, -0.05) is 17.7 Å². The van der Waals surface area contributed by atoms with E-state index in [0.717, 1.165) is 5.56 Å². The second-order valence-corrected chi connectivity index (χ2v) is 4.46. The molecule has 0 heterocycles. The Morgan fingerprint density at radius 2 is 1.83 bits per heavy atom. The lowest BCUT2D eigenvalue weighted by atomic mass is 10.1. The highest BCUT2D eigenvalue weighted by atomic mass is 16.6. The predicted octanol–water partition coefficient (Wildman–Crippen LogP) is 1.94. The highest BCUT2D eigenvalue weighted by Gasteiger charge is 2.10. The first-order valence-electron chi connectivity index (χ1n) is 6.02. The zero-order valence-electron chi connectivity index (χ0n) is 11.1. The van der Waals surface area contributed by atoms with Crippen LogP contribution in [0.2, 0.25) is 0 Å². The van der Waals surface area contributed by atoms with Crippen molar-refractivity contribution >= 4 is 5.97 Å². The van der Waals surface area contributed by atoms with Crippen molar-refractivity contribution in [3.63, 3.8) is 0 Å². The van der Waals surface area contributed by atoms with Crippen LogP contribution in [0.3, 0.4) is 0 Å². The summed E-state index contributed by atoms with van der Waals surface area (Å²) in [4.78, 5) is 11.7. The van der Waals surface area contributed by atoms with Crippen molar-refractivity contribution in [3.05, 3.63) is 35.4 Å². The van der Waals surface area contributed by atoms with E-state index in [-0.39, 0.29) is 25.3 Å². The fourth-order valence-corrected chi connectivity index (χ4v) is 1.32. The molecular formula is C14H20O4. The average Bonchev–Trinajstić information content (AvgIpc) is 2.34. The van der Waals surface area contributed by atoms with Crippen molar-refractivity contribution in [1.29, 1.82) is 0 Å². The number of benzene rings is 1. The van der Waals surface area contributed by atoms with Gasteiger partial charge >= 0.3 is 5.97 Å². The lowest BCUT2D eigenvalue weighted by Gasteiger charge is -2.14. The number of carbonyl (C=O) groups excluding carboxylic acids is 1. The normalized spacial score (nSPS) is 14.0. The minimum absolute atomic E-state index is 0.180. The molecular weight excluding hydrogens is 232 g/mol. The molecule has 0 radical (unpaired) electrons. The largest absolute Gasteiger partial charge is 0.459 e. The first-order chi connectivity index (χ1) is 8.49. The molecule has 0 aliphatic rings. The molecule has 1 aromatic carbocycles. The molecule has 0 saturated heterocycles. The summed E-state index contributed by atoms with van der Waals surface area (Å²) in [6.45, 7) is 5.82. The first-order valence-corrected chi connectivity index (χ1v) is 6.02. The van der Waals surface area contributed by atoms with E-state index >= 15 is 0 Å². The van der Waals surface area contributed by atoms with Gasteiger partial charge in [0, 0.05) is 0 Å². The number of rotatable bonds is 6. The molecule has 18 heavy (non-hydrogen) atoms. The maximum Gasteiger partial charge on any atom is 0.338 e. The lowest BCUT2D eigenvalue weighted by molar-refractivity contribution is -0.0278. The number of hydrogen-bond donors (Lipinski definition) is 1. The highest BCUT2D eigenvalue weighted by Crippen LogP contribution is 2.05. The van der Waals surface area contributed by atoms with Gasteiger partial charge in [-0.05, 0) is 32.9 Å². The Kier molecular flexibility index (Phi) is 5.82. The second kappa shape index (κ2) is 7.13. The SMILES string of the molecule is Cc1ccc(C(=O)OCC(C)OCC(C)O)cc1. The summed E-state index contributed by atoms with van der Waals surface area (Å²) in [5.74, 6) is -0.359. The molecule has 1 rings (SSSR count). The first kappa shape index (κ1) is 14.7. The van der Waals surface area contributed by atoms with Gasteiger partial charge in [0.15, 0.2) is 0 Å². The Bertz CT molecular complexity index is 370. The lowest BCUT2D eigenvalue weighted by Crippen LogP contribution is -2.23. The van der Waals surface area contributed by atoms with Crippen LogP contribution < -0.4 is 0 Å². The van der Waals surface area contributed by atoms with Gasteiger partial charge in [-0.25, -0.2) is 4.79 Å². The van der Waals surface area contributed by atoms with Crippen molar-refractivity contribution in [3.8, 4) is 0 Å². The Hall–Kier alpha value is -1.39. The van der Waals surface area contributed by atoms with Crippen LogP contribution in [0.15, 0.2) is 24.3 Å². The number of aliphatic hydroxyl groups excluding tert-OH is 1. The molecule has 0 aliphatic carbocycles. The van der Waals surface area contributed by atoms with E-state index in [2.05, 4.69) is 0 Å². The van der Waals surface area contributed by atoms with Gasteiger partial charge in [0.2, 0.25) is 0 Å². The van der Waals surface area contributed by atoms with E-state index in [9.17, 15) is 4.79 Å². The molecule has 0 amide bonds. The van der Waals surface area contributed by atoms with Crippen molar-refractivity contribution in [2.24, 2.45) is 0 Å². The number of ether oxygens (including phenoxy) is 2. The van der Waals surface area contributed by atoms with Crippen molar-refractivity contribution in [2.75, 3.05) is 13.2 Å². The van der Waals surface area contributed by atoms with Gasteiger partial charge in [-0.15, -0.1) is 0 Å². The summed E-state index contributed by atoms with van der Waals surface area (Å²) < 4.78 is 10.4. The third kappa shape index (κ3) is 5.29. The van der Waals surface area contributed by atoms with E-state index < -0.39 is 6.10 Å². The predicted molar refractivity (Wildman–Crippen MR) is 68.6 cm³/mol. The number of aryl methyl sites for hydroxylation is 1. The quantitative estimate of drug-likeness (QED) is 0.786.